The molecule has 7 atom stereocenters. The normalized spacial score (nSPS) is 41.9. The minimum atomic E-state index is -1.38. The van der Waals surface area contributed by atoms with Crippen molar-refractivity contribution in [3.05, 3.63) is 11.6 Å². The van der Waals surface area contributed by atoms with Crippen LogP contribution in [0.15, 0.2) is 11.6 Å². The van der Waals surface area contributed by atoms with Gasteiger partial charge in [-0.25, -0.2) is 0 Å². The number of rotatable bonds is 5. The lowest BCUT2D eigenvalue weighted by atomic mass is 9.45. The van der Waals surface area contributed by atoms with Crippen LogP contribution in [0.2, 0.25) is 0 Å². The Hall–Kier alpha value is -2.06. The molecule has 4 rings (SSSR count). The van der Waals surface area contributed by atoms with Crippen LogP contribution >= 0.6 is 0 Å². The number of hydrogen-bond acceptors (Lipinski definition) is 7. The molecule has 0 aromatic heterocycles. The van der Waals surface area contributed by atoms with Gasteiger partial charge in [0.05, 0.1) is 24.5 Å². The predicted molar refractivity (Wildman–Crippen MR) is 117 cm³/mol. The lowest BCUT2D eigenvalue weighted by Gasteiger charge is -2.60. The molecule has 8 nitrogen and oxygen atoms in total. The summed E-state index contributed by atoms with van der Waals surface area (Å²) < 4.78 is 4.84. The average Bonchev–Trinajstić information content (AvgIpc) is 2.96. The van der Waals surface area contributed by atoms with E-state index in [0.717, 1.165) is 31.3 Å². The number of ether oxygens (including phenoxy) is 1. The highest BCUT2D eigenvalue weighted by Gasteiger charge is 2.66. The van der Waals surface area contributed by atoms with Crippen molar-refractivity contribution in [1.29, 1.82) is 0 Å². The van der Waals surface area contributed by atoms with Crippen LogP contribution in [-0.4, -0.2) is 45.5 Å². The number of amides is 1. The number of carbonyl (C=O) groups is 4. The van der Waals surface area contributed by atoms with E-state index in [1.54, 1.807) is 6.08 Å². The van der Waals surface area contributed by atoms with Crippen molar-refractivity contribution in [2.75, 3.05) is 0 Å². The first-order valence-corrected chi connectivity index (χ1v) is 12.1. The molecule has 0 bridgehead atoms. The van der Waals surface area contributed by atoms with Gasteiger partial charge in [-0.05, 0) is 67.8 Å². The van der Waals surface area contributed by atoms with E-state index in [0.29, 0.717) is 19.3 Å². The first-order valence-electron chi connectivity index (χ1n) is 12.1. The molecule has 4 aliphatic rings. The van der Waals surface area contributed by atoms with Crippen LogP contribution in [0.25, 0.3) is 0 Å². The van der Waals surface area contributed by atoms with E-state index in [1.165, 1.54) is 0 Å². The van der Waals surface area contributed by atoms with E-state index in [2.05, 4.69) is 6.92 Å². The van der Waals surface area contributed by atoms with Gasteiger partial charge in [0.25, 0.3) is 0 Å². The number of aliphatic hydroxyl groups excluding tert-OH is 1. The fourth-order valence-electron chi connectivity index (χ4n) is 7.75. The number of aliphatic hydroxyl groups is 2. The molecule has 0 heterocycles. The van der Waals surface area contributed by atoms with Crippen molar-refractivity contribution in [1.82, 2.24) is 0 Å². The number of ketones is 1. The van der Waals surface area contributed by atoms with Crippen molar-refractivity contribution in [3.8, 4) is 0 Å². The van der Waals surface area contributed by atoms with E-state index < -0.39 is 35.0 Å². The number of nitrogens with two attached hydrogens (primary N) is 1. The Morgan fingerprint density at radius 3 is 2.55 bits per heavy atom. The standard InChI is InChI=1S/C25H35NO7/c1-23-9-7-15(27)11-14(23)3-4-16-17-8-10-25(32,24(17,2)12-18(28)22(16)23)13-21(31)33-20(30)6-5-19(26)29/h11,16-18,22,28,32H,3-10,12-13H2,1-2H3,(H2,26,29)/t16-,17-,18-,22+,23-,24-,25-/m0/s1. The molecular weight excluding hydrogens is 426 g/mol. The summed E-state index contributed by atoms with van der Waals surface area (Å²) in [6, 6.07) is 0. The van der Waals surface area contributed by atoms with Crippen molar-refractivity contribution < 1.29 is 34.1 Å². The SMILES string of the molecule is C[C@]12CCC(=O)C=C1CC[C@@H]1[C@@H]2[C@@H](O)C[C@@]2(C)[C@H]1CC[C@]2(O)CC(=O)OC(=O)CCC(N)=O. The zero-order chi connectivity index (χ0) is 24.2. The van der Waals surface area contributed by atoms with E-state index in [4.69, 9.17) is 10.5 Å². The second-order valence-electron chi connectivity index (χ2n) is 11.1. The van der Waals surface area contributed by atoms with Crippen LogP contribution in [0.3, 0.4) is 0 Å². The highest BCUT2D eigenvalue weighted by atomic mass is 16.6. The average molecular weight is 462 g/mol. The Bertz CT molecular complexity index is 912. The van der Waals surface area contributed by atoms with Crippen LogP contribution in [-0.2, 0) is 23.9 Å². The predicted octanol–water partition coefficient (Wildman–Crippen LogP) is 1.95. The van der Waals surface area contributed by atoms with Gasteiger partial charge in [0, 0.05) is 18.3 Å². The van der Waals surface area contributed by atoms with Gasteiger partial charge in [0.1, 0.15) is 0 Å². The molecule has 0 aliphatic heterocycles. The maximum absolute atomic E-state index is 12.5. The Balaban J connectivity index is 1.52. The minimum absolute atomic E-state index is 0.0216. The zero-order valence-electron chi connectivity index (χ0n) is 19.5. The summed E-state index contributed by atoms with van der Waals surface area (Å²) in [6.07, 6.45) is 4.71. The molecule has 0 aromatic rings. The molecule has 0 radical (unpaired) electrons. The van der Waals surface area contributed by atoms with Gasteiger partial charge in [0.2, 0.25) is 5.91 Å². The molecule has 182 valence electrons. The maximum atomic E-state index is 12.5. The van der Waals surface area contributed by atoms with Crippen LogP contribution in [0.1, 0.15) is 78.1 Å². The molecule has 0 spiro atoms. The third-order valence-corrected chi connectivity index (χ3v) is 9.46. The molecule has 33 heavy (non-hydrogen) atoms. The molecule has 3 saturated carbocycles. The molecule has 3 fully saturated rings. The third-order valence-electron chi connectivity index (χ3n) is 9.46. The Morgan fingerprint density at radius 1 is 1.12 bits per heavy atom. The maximum Gasteiger partial charge on any atom is 0.316 e. The van der Waals surface area contributed by atoms with E-state index in [-0.39, 0.29) is 48.2 Å². The van der Waals surface area contributed by atoms with Gasteiger partial charge in [0.15, 0.2) is 5.78 Å². The summed E-state index contributed by atoms with van der Waals surface area (Å²) >= 11 is 0. The minimum Gasteiger partial charge on any atom is -0.393 e. The number of esters is 2. The monoisotopic (exact) mass is 461 g/mol. The second kappa shape index (κ2) is 8.31. The van der Waals surface area contributed by atoms with Crippen LogP contribution in [0, 0.1) is 28.6 Å². The van der Waals surface area contributed by atoms with Crippen LogP contribution in [0.4, 0.5) is 0 Å². The van der Waals surface area contributed by atoms with Gasteiger partial charge in [-0.3, -0.25) is 19.2 Å². The molecular formula is C25H35NO7. The topological polar surface area (TPSA) is 144 Å². The summed E-state index contributed by atoms with van der Waals surface area (Å²) in [7, 11) is 0. The van der Waals surface area contributed by atoms with E-state index in [9.17, 15) is 29.4 Å². The smallest absolute Gasteiger partial charge is 0.316 e. The van der Waals surface area contributed by atoms with E-state index in [1.807, 2.05) is 6.92 Å². The quantitative estimate of drug-likeness (QED) is 0.419. The molecule has 1 amide bonds. The lowest BCUT2D eigenvalue weighted by molar-refractivity contribution is -0.184. The fourth-order valence-corrected chi connectivity index (χ4v) is 7.75. The van der Waals surface area contributed by atoms with Gasteiger partial charge in [-0.2, -0.15) is 0 Å². The Labute approximate surface area is 193 Å². The van der Waals surface area contributed by atoms with Crippen LogP contribution in [0.5, 0.6) is 0 Å². The molecule has 4 aliphatic carbocycles. The van der Waals surface area contributed by atoms with Crippen LogP contribution < -0.4 is 5.73 Å². The van der Waals surface area contributed by atoms with Gasteiger partial charge in [-0.15, -0.1) is 0 Å². The fraction of sp³-hybridized carbons (Fsp3) is 0.760. The number of fused-ring (bicyclic) bond motifs is 5. The second-order valence-corrected chi connectivity index (χ2v) is 11.1. The summed E-state index contributed by atoms with van der Waals surface area (Å²) in [5, 5.41) is 23.0. The summed E-state index contributed by atoms with van der Waals surface area (Å²) in [5.74, 6) is -1.81. The molecule has 4 N–H and O–H groups in total. The van der Waals surface area contributed by atoms with E-state index >= 15 is 0 Å². The largest absolute Gasteiger partial charge is 0.393 e. The third kappa shape index (κ3) is 3.95. The van der Waals surface area contributed by atoms with Gasteiger partial charge in [-0.1, -0.05) is 19.4 Å². The molecule has 0 saturated heterocycles. The van der Waals surface area contributed by atoms with Crippen molar-refractivity contribution in [3.63, 3.8) is 0 Å². The number of carbonyl (C=O) groups excluding carboxylic acids is 4. The van der Waals surface area contributed by atoms with Gasteiger partial charge < -0.3 is 20.7 Å². The lowest BCUT2D eigenvalue weighted by Crippen LogP contribution is -2.60. The Morgan fingerprint density at radius 2 is 1.85 bits per heavy atom. The highest BCUT2D eigenvalue weighted by Crippen LogP contribution is 2.68. The number of hydrogen-bond donors (Lipinski definition) is 3. The summed E-state index contributed by atoms with van der Waals surface area (Å²) in [5.41, 5.74) is 3.88. The molecule has 8 heteroatoms. The Kier molecular flexibility index (Phi) is 6.06. The van der Waals surface area contributed by atoms with Crippen molar-refractivity contribution in [2.24, 2.45) is 34.3 Å². The number of allylic oxidation sites excluding steroid dienone is 1. The molecule has 0 aromatic carbocycles. The van der Waals surface area contributed by atoms with Gasteiger partial charge >= 0.3 is 11.9 Å². The zero-order valence-corrected chi connectivity index (χ0v) is 19.5. The first kappa shape index (κ1) is 24.1. The first-order chi connectivity index (χ1) is 15.4. The molecule has 0 unspecified atom stereocenters. The number of primary amides is 1. The summed E-state index contributed by atoms with van der Waals surface area (Å²) in [4.78, 5) is 47.2. The highest BCUT2D eigenvalue weighted by molar-refractivity contribution is 5.91. The summed E-state index contributed by atoms with van der Waals surface area (Å²) in [6.45, 7) is 4.12. The van der Waals surface area contributed by atoms with Crippen molar-refractivity contribution >= 4 is 23.6 Å². The van der Waals surface area contributed by atoms with Crippen molar-refractivity contribution in [2.45, 2.75) is 89.8 Å².